The Morgan fingerprint density at radius 1 is 1.16 bits per heavy atom. The topological polar surface area (TPSA) is 86.1 Å². The summed E-state index contributed by atoms with van der Waals surface area (Å²) in [6.45, 7) is -0.154. The molecule has 3 aromatic rings. The lowest BCUT2D eigenvalue weighted by Crippen LogP contribution is -2.29. The molecule has 0 saturated carbocycles. The zero-order valence-electron chi connectivity index (χ0n) is 13.2. The van der Waals surface area contributed by atoms with Gasteiger partial charge in [-0.05, 0) is 29.8 Å². The number of halogens is 1. The molecule has 8 heteroatoms. The van der Waals surface area contributed by atoms with Gasteiger partial charge >= 0.3 is 5.97 Å². The number of esters is 1. The molecule has 0 fully saturated rings. The minimum absolute atomic E-state index is 0.109. The van der Waals surface area contributed by atoms with E-state index in [2.05, 4.69) is 15.6 Å². The number of para-hydroxylation sites is 1. The van der Waals surface area contributed by atoms with E-state index in [4.69, 9.17) is 16.3 Å². The fourth-order valence-corrected chi connectivity index (χ4v) is 2.46. The highest BCUT2D eigenvalue weighted by Gasteiger charge is 2.11. The van der Waals surface area contributed by atoms with Gasteiger partial charge in [0, 0.05) is 11.6 Å². The van der Waals surface area contributed by atoms with Crippen molar-refractivity contribution in [3.8, 4) is 0 Å². The van der Waals surface area contributed by atoms with Crippen molar-refractivity contribution in [3.05, 3.63) is 59.1 Å². The number of carbonyl (C=O) groups is 2. The SMILES string of the molecule is O=C(COC(=O)Cn1nnc2ccccc21)NCc1cccc(Cl)c1. The van der Waals surface area contributed by atoms with Gasteiger partial charge in [0.15, 0.2) is 6.61 Å². The average Bonchev–Trinajstić information content (AvgIpc) is 3.01. The highest BCUT2D eigenvalue weighted by atomic mass is 35.5. The number of hydrogen-bond acceptors (Lipinski definition) is 5. The van der Waals surface area contributed by atoms with E-state index in [1.165, 1.54) is 4.68 Å². The van der Waals surface area contributed by atoms with E-state index < -0.39 is 11.9 Å². The molecule has 3 rings (SSSR count). The van der Waals surface area contributed by atoms with Crippen LogP contribution in [0.15, 0.2) is 48.5 Å². The lowest BCUT2D eigenvalue weighted by Gasteiger charge is -2.07. The molecule has 0 aliphatic carbocycles. The molecule has 0 unspecified atom stereocenters. The zero-order chi connectivity index (χ0) is 17.6. The first kappa shape index (κ1) is 16.9. The molecule has 25 heavy (non-hydrogen) atoms. The summed E-state index contributed by atoms with van der Waals surface area (Å²) in [4.78, 5) is 23.6. The third-order valence-electron chi connectivity index (χ3n) is 3.44. The number of nitrogens with one attached hydrogen (secondary N) is 1. The van der Waals surface area contributed by atoms with Crippen LogP contribution in [0.3, 0.4) is 0 Å². The summed E-state index contributed by atoms with van der Waals surface area (Å²) < 4.78 is 6.40. The predicted molar refractivity (Wildman–Crippen MR) is 91.8 cm³/mol. The fraction of sp³-hybridized carbons (Fsp3) is 0.176. The van der Waals surface area contributed by atoms with Crippen LogP contribution in [-0.4, -0.2) is 33.5 Å². The Hall–Kier alpha value is -2.93. The zero-order valence-corrected chi connectivity index (χ0v) is 13.9. The van der Waals surface area contributed by atoms with Crippen LogP contribution in [0.5, 0.6) is 0 Å². The summed E-state index contributed by atoms with van der Waals surface area (Å²) >= 11 is 5.88. The standard InChI is InChI=1S/C17H15ClN4O3/c18-13-5-3-4-12(8-13)9-19-16(23)11-25-17(24)10-22-15-7-2-1-6-14(15)20-21-22/h1-8H,9-11H2,(H,19,23). The van der Waals surface area contributed by atoms with Crippen molar-refractivity contribution in [2.24, 2.45) is 0 Å². The molecule has 7 nitrogen and oxygen atoms in total. The lowest BCUT2D eigenvalue weighted by molar-refractivity contribution is -0.149. The highest BCUT2D eigenvalue weighted by molar-refractivity contribution is 6.30. The van der Waals surface area contributed by atoms with Gasteiger partial charge in [-0.2, -0.15) is 0 Å². The van der Waals surface area contributed by atoms with Crippen molar-refractivity contribution < 1.29 is 14.3 Å². The molecule has 0 saturated heterocycles. The summed E-state index contributed by atoms with van der Waals surface area (Å²) in [5.41, 5.74) is 2.28. The summed E-state index contributed by atoms with van der Waals surface area (Å²) in [7, 11) is 0. The van der Waals surface area contributed by atoms with E-state index in [-0.39, 0.29) is 13.2 Å². The van der Waals surface area contributed by atoms with Crippen LogP contribution in [0.25, 0.3) is 11.0 Å². The minimum Gasteiger partial charge on any atom is -0.454 e. The molecule has 1 N–H and O–H groups in total. The number of aromatic nitrogens is 3. The van der Waals surface area contributed by atoms with Crippen molar-refractivity contribution in [2.45, 2.75) is 13.1 Å². The molecule has 0 radical (unpaired) electrons. The second-order valence-corrected chi connectivity index (χ2v) is 5.74. The van der Waals surface area contributed by atoms with Crippen LogP contribution >= 0.6 is 11.6 Å². The van der Waals surface area contributed by atoms with Crippen molar-refractivity contribution >= 4 is 34.5 Å². The lowest BCUT2D eigenvalue weighted by atomic mass is 10.2. The van der Waals surface area contributed by atoms with E-state index in [9.17, 15) is 9.59 Å². The summed E-state index contributed by atoms with van der Waals surface area (Å²) in [5.74, 6) is -0.953. The van der Waals surface area contributed by atoms with Crippen molar-refractivity contribution in [1.29, 1.82) is 0 Å². The molecular weight excluding hydrogens is 344 g/mol. The number of nitrogens with zero attached hydrogens (tertiary/aromatic N) is 3. The van der Waals surface area contributed by atoms with E-state index in [0.717, 1.165) is 11.1 Å². The Bertz CT molecular complexity index is 910. The molecule has 0 bridgehead atoms. The Labute approximate surface area is 148 Å². The third-order valence-corrected chi connectivity index (χ3v) is 3.68. The van der Waals surface area contributed by atoms with Crippen LogP contribution in [0, 0.1) is 0 Å². The molecular formula is C17H15ClN4O3. The van der Waals surface area contributed by atoms with Crippen molar-refractivity contribution in [2.75, 3.05) is 6.61 Å². The normalized spacial score (nSPS) is 10.6. The van der Waals surface area contributed by atoms with Crippen LogP contribution < -0.4 is 5.32 Å². The molecule has 0 atom stereocenters. The van der Waals surface area contributed by atoms with E-state index in [1.807, 2.05) is 18.2 Å². The van der Waals surface area contributed by atoms with Gasteiger partial charge in [-0.1, -0.05) is 41.1 Å². The highest BCUT2D eigenvalue weighted by Crippen LogP contribution is 2.10. The van der Waals surface area contributed by atoms with Gasteiger partial charge in [0.2, 0.25) is 0 Å². The Balaban J connectivity index is 1.46. The quantitative estimate of drug-likeness (QED) is 0.680. The van der Waals surface area contributed by atoms with Crippen LogP contribution in [0.1, 0.15) is 5.56 Å². The van der Waals surface area contributed by atoms with Crippen LogP contribution in [0.2, 0.25) is 5.02 Å². The van der Waals surface area contributed by atoms with E-state index in [1.54, 1.807) is 30.3 Å². The molecule has 1 amide bonds. The van der Waals surface area contributed by atoms with E-state index >= 15 is 0 Å². The average molecular weight is 359 g/mol. The molecule has 1 aromatic heterocycles. The predicted octanol–water partition coefficient (Wildman–Crippen LogP) is 1.94. The van der Waals surface area contributed by atoms with Gasteiger partial charge in [0.1, 0.15) is 12.1 Å². The van der Waals surface area contributed by atoms with Gasteiger partial charge in [-0.15, -0.1) is 5.10 Å². The van der Waals surface area contributed by atoms with Gasteiger partial charge in [0.05, 0.1) is 5.52 Å². The van der Waals surface area contributed by atoms with Gasteiger partial charge in [-0.25, -0.2) is 4.68 Å². The number of fused-ring (bicyclic) bond motifs is 1. The second-order valence-electron chi connectivity index (χ2n) is 5.30. The third kappa shape index (κ3) is 4.54. The van der Waals surface area contributed by atoms with Gasteiger partial charge < -0.3 is 10.1 Å². The number of ether oxygens (including phenoxy) is 1. The number of hydrogen-bond donors (Lipinski definition) is 1. The number of benzene rings is 2. The van der Waals surface area contributed by atoms with Crippen molar-refractivity contribution in [3.63, 3.8) is 0 Å². The molecule has 1 heterocycles. The monoisotopic (exact) mass is 358 g/mol. The number of amides is 1. The first-order valence-corrected chi connectivity index (χ1v) is 7.94. The molecule has 128 valence electrons. The summed E-state index contributed by atoms with van der Waals surface area (Å²) in [6, 6.07) is 14.4. The Morgan fingerprint density at radius 3 is 2.84 bits per heavy atom. The largest absolute Gasteiger partial charge is 0.454 e. The first-order valence-electron chi connectivity index (χ1n) is 7.57. The molecule has 0 spiro atoms. The fourth-order valence-electron chi connectivity index (χ4n) is 2.25. The maximum absolute atomic E-state index is 11.9. The molecule has 0 aliphatic heterocycles. The minimum atomic E-state index is -0.562. The summed E-state index contributed by atoms with van der Waals surface area (Å²) in [6.07, 6.45) is 0. The van der Waals surface area contributed by atoms with Gasteiger partial charge in [-0.3, -0.25) is 9.59 Å². The van der Waals surface area contributed by atoms with Crippen molar-refractivity contribution in [1.82, 2.24) is 20.3 Å². The number of rotatable bonds is 6. The Morgan fingerprint density at radius 2 is 2.00 bits per heavy atom. The second kappa shape index (κ2) is 7.76. The van der Waals surface area contributed by atoms with Crippen LogP contribution in [-0.2, 0) is 27.4 Å². The molecule has 0 aliphatic rings. The summed E-state index contributed by atoms with van der Waals surface area (Å²) in [5, 5.41) is 11.1. The van der Waals surface area contributed by atoms with E-state index in [0.29, 0.717) is 17.1 Å². The van der Waals surface area contributed by atoms with Gasteiger partial charge in [0.25, 0.3) is 5.91 Å². The van der Waals surface area contributed by atoms with Crippen LogP contribution in [0.4, 0.5) is 0 Å². The molecule has 2 aromatic carbocycles. The maximum atomic E-state index is 11.9. The maximum Gasteiger partial charge on any atom is 0.328 e. The Kier molecular flexibility index (Phi) is 5.25. The number of carbonyl (C=O) groups excluding carboxylic acids is 2. The first-order chi connectivity index (χ1) is 12.1. The smallest absolute Gasteiger partial charge is 0.328 e.